The van der Waals surface area contributed by atoms with E-state index in [1.807, 2.05) is 66.9 Å². The molecule has 0 spiro atoms. The Morgan fingerprint density at radius 3 is 2.77 bits per heavy atom. The molecule has 31 heavy (non-hydrogen) atoms. The third-order valence-corrected chi connectivity index (χ3v) is 5.66. The van der Waals surface area contributed by atoms with Crippen molar-refractivity contribution in [3.63, 3.8) is 0 Å². The highest BCUT2D eigenvalue weighted by Crippen LogP contribution is 2.51. The molecule has 0 unspecified atom stereocenters. The molecule has 0 radical (unpaired) electrons. The molecule has 0 bridgehead atoms. The number of nitrogens with one attached hydrogen (secondary N) is 1. The number of hydrogen-bond donors (Lipinski definition) is 1. The fraction of sp³-hybridized carbons (Fsp3) is 0.130. The van der Waals surface area contributed by atoms with Crippen LogP contribution >= 0.6 is 0 Å². The van der Waals surface area contributed by atoms with Crippen LogP contribution in [0.5, 0.6) is 11.5 Å². The molecule has 152 valence electrons. The van der Waals surface area contributed by atoms with Crippen LogP contribution in [0.15, 0.2) is 78.6 Å². The molecule has 4 heterocycles. The van der Waals surface area contributed by atoms with Gasteiger partial charge in [0, 0.05) is 34.7 Å². The van der Waals surface area contributed by atoms with Gasteiger partial charge in [-0.15, -0.1) is 0 Å². The normalized spacial score (nSPS) is 18.9. The third kappa shape index (κ3) is 2.68. The number of pyridine rings is 1. The van der Waals surface area contributed by atoms with Crippen LogP contribution in [-0.4, -0.2) is 32.3 Å². The summed E-state index contributed by atoms with van der Waals surface area (Å²) in [5.74, 6) is 2.12. The Kier molecular flexibility index (Phi) is 3.95. The maximum atomic E-state index is 6.54. The first-order valence-corrected chi connectivity index (χ1v) is 9.93. The van der Waals surface area contributed by atoms with Crippen LogP contribution < -0.4 is 14.8 Å². The van der Waals surface area contributed by atoms with Crippen molar-refractivity contribution in [1.29, 1.82) is 0 Å². The van der Waals surface area contributed by atoms with Crippen molar-refractivity contribution in [2.75, 3.05) is 12.4 Å². The number of aromatic nitrogens is 5. The summed E-state index contributed by atoms with van der Waals surface area (Å²) < 4.78 is 14.0. The van der Waals surface area contributed by atoms with Gasteiger partial charge in [-0.3, -0.25) is 4.98 Å². The van der Waals surface area contributed by atoms with Gasteiger partial charge in [-0.2, -0.15) is 4.68 Å². The molecule has 0 aliphatic carbocycles. The molecule has 2 aliphatic heterocycles. The summed E-state index contributed by atoms with van der Waals surface area (Å²) in [5.41, 5.74) is 4.80. The lowest BCUT2D eigenvalue weighted by Gasteiger charge is -2.38. The van der Waals surface area contributed by atoms with Crippen molar-refractivity contribution in [2.45, 2.75) is 12.1 Å². The van der Waals surface area contributed by atoms with Crippen LogP contribution in [0.25, 0.3) is 5.70 Å². The number of para-hydroxylation sites is 2. The van der Waals surface area contributed by atoms with Gasteiger partial charge in [-0.25, -0.2) is 0 Å². The fourth-order valence-corrected chi connectivity index (χ4v) is 4.34. The predicted molar refractivity (Wildman–Crippen MR) is 114 cm³/mol. The molecule has 0 saturated carbocycles. The molecule has 2 aromatic carbocycles. The van der Waals surface area contributed by atoms with E-state index in [4.69, 9.17) is 9.47 Å². The topological polar surface area (TPSA) is 87.0 Å². The molecule has 2 aromatic heterocycles. The van der Waals surface area contributed by atoms with Gasteiger partial charge in [0.1, 0.15) is 17.5 Å². The lowest BCUT2D eigenvalue weighted by atomic mass is 9.85. The van der Waals surface area contributed by atoms with Gasteiger partial charge in [-0.1, -0.05) is 41.5 Å². The van der Waals surface area contributed by atoms with E-state index in [2.05, 4.69) is 25.8 Å². The molecular weight excluding hydrogens is 392 g/mol. The number of nitrogens with zero attached hydrogens (tertiary/aromatic N) is 5. The van der Waals surface area contributed by atoms with Crippen molar-refractivity contribution in [3.05, 3.63) is 95.3 Å². The molecular formula is C23H18N6O2. The minimum atomic E-state index is -0.377. The van der Waals surface area contributed by atoms with Gasteiger partial charge in [0.05, 0.1) is 12.8 Å². The molecule has 6 rings (SSSR count). The van der Waals surface area contributed by atoms with Gasteiger partial charge in [0.15, 0.2) is 6.10 Å². The van der Waals surface area contributed by atoms with E-state index in [1.165, 1.54) is 0 Å². The molecule has 0 amide bonds. The second-order valence-corrected chi connectivity index (χ2v) is 7.33. The summed E-state index contributed by atoms with van der Waals surface area (Å²) in [6.45, 7) is 0. The van der Waals surface area contributed by atoms with E-state index in [0.29, 0.717) is 5.95 Å². The second-order valence-electron chi connectivity index (χ2n) is 7.33. The lowest BCUT2D eigenvalue weighted by molar-refractivity contribution is 0.221. The smallest absolute Gasteiger partial charge is 0.248 e. The van der Waals surface area contributed by atoms with Crippen molar-refractivity contribution < 1.29 is 9.47 Å². The van der Waals surface area contributed by atoms with Crippen molar-refractivity contribution >= 4 is 11.6 Å². The van der Waals surface area contributed by atoms with E-state index < -0.39 is 0 Å². The number of methoxy groups -OCH3 is 1. The molecule has 4 aromatic rings. The van der Waals surface area contributed by atoms with Crippen LogP contribution in [0.3, 0.4) is 0 Å². The van der Waals surface area contributed by atoms with Gasteiger partial charge in [-0.05, 0) is 34.7 Å². The quantitative estimate of drug-likeness (QED) is 0.552. The summed E-state index contributed by atoms with van der Waals surface area (Å²) in [7, 11) is 1.67. The minimum absolute atomic E-state index is 0.323. The zero-order valence-corrected chi connectivity index (χ0v) is 16.6. The fourth-order valence-electron chi connectivity index (χ4n) is 4.34. The second kappa shape index (κ2) is 6.94. The number of tetrazole rings is 1. The lowest BCUT2D eigenvalue weighted by Crippen LogP contribution is -2.32. The Morgan fingerprint density at radius 2 is 1.90 bits per heavy atom. The Bertz CT molecular complexity index is 1300. The number of benzene rings is 2. The summed E-state index contributed by atoms with van der Waals surface area (Å²) in [4.78, 5) is 4.32. The molecule has 0 saturated heterocycles. The minimum Gasteiger partial charge on any atom is -0.496 e. The van der Waals surface area contributed by atoms with E-state index >= 15 is 0 Å². The monoisotopic (exact) mass is 410 g/mol. The standard InChI is InChI=1S/C23H18N6O2/c1-30-17-10-4-3-9-16(17)21-19-20(25-23-26-27-28-29(21)23)15-8-2-5-11-18(15)31-22(19)14-7-6-12-24-13-14/h2-13,21-22H,1H3,(H,25,26,28)/t21-,22+/m1/s1. The maximum absolute atomic E-state index is 6.54. The van der Waals surface area contributed by atoms with Crippen molar-refractivity contribution in [3.8, 4) is 11.5 Å². The van der Waals surface area contributed by atoms with E-state index in [1.54, 1.807) is 18.0 Å². The van der Waals surface area contributed by atoms with Gasteiger partial charge < -0.3 is 14.8 Å². The van der Waals surface area contributed by atoms with Crippen LogP contribution in [0.4, 0.5) is 5.95 Å². The number of hydrogen-bond acceptors (Lipinski definition) is 7. The molecule has 8 heteroatoms. The van der Waals surface area contributed by atoms with E-state index in [-0.39, 0.29) is 12.1 Å². The van der Waals surface area contributed by atoms with Gasteiger partial charge in [0.2, 0.25) is 5.95 Å². The molecule has 8 nitrogen and oxygen atoms in total. The first-order chi connectivity index (χ1) is 15.3. The summed E-state index contributed by atoms with van der Waals surface area (Å²) in [5, 5.41) is 15.9. The number of ether oxygens (including phenoxy) is 2. The van der Waals surface area contributed by atoms with Crippen LogP contribution in [0, 0.1) is 0 Å². The number of anilines is 1. The van der Waals surface area contributed by atoms with Crippen LogP contribution in [0.1, 0.15) is 28.8 Å². The van der Waals surface area contributed by atoms with Crippen molar-refractivity contribution in [1.82, 2.24) is 25.2 Å². The van der Waals surface area contributed by atoms with Crippen molar-refractivity contribution in [2.24, 2.45) is 0 Å². The highest BCUT2D eigenvalue weighted by molar-refractivity contribution is 5.85. The molecule has 1 N–H and O–H groups in total. The average molecular weight is 410 g/mol. The summed E-state index contributed by atoms with van der Waals surface area (Å²) >= 11 is 0. The Hall–Kier alpha value is -4.20. The SMILES string of the molecule is COc1ccccc1[C@@H]1C2=C(Nc3nnnn31)c1ccccc1O[C@H]2c1cccnc1. The first-order valence-electron chi connectivity index (χ1n) is 9.93. The van der Waals surface area contributed by atoms with Crippen LogP contribution in [0.2, 0.25) is 0 Å². The van der Waals surface area contributed by atoms with Gasteiger partial charge >= 0.3 is 0 Å². The average Bonchev–Trinajstić information content (AvgIpc) is 3.31. The number of rotatable bonds is 3. The number of fused-ring (bicyclic) bond motifs is 3. The zero-order valence-electron chi connectivity index (χ0n) is 16.6. The Labute approximate surface area is 178 Å². The van der Waals surface area contributed by atoms with Crippen LogP contribution in [-0.2, 0) is 0 Å². The van der Waals surface area contributed by atoms with E-state index in [0.717, 1.165) is 39.5 Å². The predicted octanol–water partition coefficient (Wildman–Crippen LogP) is 3.64. The summed E-state index contributed by atoms with van der Waals surface area (Å²) in [6.07, 6.45) is 3.21. The molecule has 2 aliphatic rings. The zero-order chi connectivity index (χ0) is 20.8. The highest BCUT2D eigenvalue weighted by atomic mass is 16.5. The molecule has 0 fully saturated rings. The molecule has 2 atom stereocenters. The Morgan fingerprint density at radius 1 is 1.03 bits per heavy atom. The van der Waals surface area contributed by atoms with E-state index in [9.17, 15) is 0 Å². The maximum Gasteiger partial charge on any atom is 0.248 e. The first kappa shape index (κ1) is 17.6. The highest BCUT2D eigenvalue weighted by Gasteiger charge is 2.42. The largest absolute Gasteiger partial charge is 0.496 e. The summed E-state index contributed by atoms with van der Waals surface area (Å²) in [6, 6.07) is 19.5. The van der Waals surface area contributed by atoms with Gasteiger partial charge in [0.25, 0.3) is 0 Å². The Balaban J connectivity index is 1.66. The third-order valence-electron chi connectivity index (χ3n) is 5.66.